The number of aromatic nitrogens is 4. The number of aliphatic hydroxyl groups excluding tert-OH is 1. The van der Waals surface area contributed by atoms with Gasteiger partial charge in [-0.15, -0.1) is 0 Å². The first-order valence-corrected chi connectivity index (χ1v) is 10.7. The zero-order valence-electron chi connectivity index (χ0n) is 17.2. The summed E-state index contributed by atoms with van der Waals surface area (Å²) in [7, 11) is 0. The molecule has 8 nitrogen and oxygen atoms in total. The van der Waals surface area contributed by atoms with E-state index < -0.39 is 0 Å². The highest BCUT2D eigenvalue weighted by atomic mass is 16.3. The van der Waals surface area contributed by atoms with Crippen molar-refractivity contribution in [3.05, 3.63) is 23.0 Å². The molecule has 1 saturated heterocycles. The van der Waals surface area contributed by atoms with E-state index in [4.69, 9.17) is 15.1 Å². The minimum absolute atomic E-state index is 0.0455. The van der Waals surface area contributed by atoms with Gasteiger partial charge < -0.3 is 15.3 Å². The summed E-state index contributed by atoms with van der Waals surface area (Å²) in [5.74, 6) is 2.74. The highest BCUT2D eigenvalue weighted by Crippen LogP contribution is 2.33. The molecule has 1 aliphatic heterocycles. The third-order valence-electron chi connectivity index (χ3n) is 5.85. The first-order chi connectivity index (χ1) is 14.1. The number of Topliss-reactive ketones (excluding diaryl/α,β-unsaturated/α-hetero) is 1. The van der Waals surface area contributed by atoms with Gasteiger partial charge in [-0.1, -0.05) is 13.8 Å². The molecule has 0 amide bonds. The van der Waals surface area contributed by atoms with Crippen molar-refractivity contribution < 1.29 is 9.90 Å². The predicted molar refractivity (Wildman–Crippen MR) is 112 cm³/mol. The lowest BCUT2D eigenvalue weighted by atomic mass is 10.1. The molecule has 0 saturated carbocycles. The molecule has 1 unspecified atom stereocenters. The SMILES string of the molecule is CC(C)c1cc(Nc2nc(N3CCCC3C(=O)CCCO)nc3c2CCC3)n[nH]1. The molecule has 1 atom stereocenters. The molecule has 2 aromatic heterocycles. The van der Waals surface area contributed by atoms with Gasteiger partial charge >= 0.3 is 0 Å². The third kappa shape index (κ3) is 4.12. The van der Waals surface area contributed by atoms with E-state index in [2.05, 4.69) is 29.4 Å². The minimum atomic E-state index is -0.188. The van der Waals surface area contributed by atoms with Crippen LogP contribution in [0, 0.1) is 0 Å². The molecule has 0 aromatic carbocycles. The Morgan fingerprint density at radius 1 is 1.34 bits per heavy atom. The smallest absolute Gasteiger partial charge is 0.228 e. The van der Waals surface area contributed by atoms with Gasteiger partial charge in [0.05, 0.1) is 11.7 Å². The van der Waals surface area contributed by atoms with E-state index in [1.807, 2.05) is 11.0 Å². The third-order valence-corrected chi connectivity index (χ3v) is 5.85. The molecule has 1 aliphatic carbocycles. The fraction of sp³-hybridized carbons (Fsp3) is 0.619. The van der Waals surface area contributed by atoms with Crippen LogP contribution in [0.5, 0.6) is 0 Å². The van der Waals surface area contributed by atoms with Crippen molar-refractivity contribution in [3.8, 4) is 0 Å². The number of H-pyrrole nitrogens is 1. The number of nitrogens with zero attached hydrogens (tertiary/aromatic N) is 4. The van der Waals surface area contributed by atoms with Crippen LogP contribution in [0.3, 0.4) is 0 Å². The topological polar surface area (TPSA) is 107 Å². The summed E-state index contributed by atoms with van der Waals surface area (Å²) >= 11 is 0. The maximum absolute atomic E-state index is 12.6. The van der Waals surface area contributed by atoms with Crippen LogP contribution in [0.2, 0.25) is 0 Å². The zero-order chi connectivity index (χ0) is 20.4. The molecule has 1 fully saturated rings. The molecule has 0 radical (unpaired) electrons. The van der Waals surface area contributed by atoms with Crippen molar-refractivity contribution in [1.82, 2.24) is 20.2 Å². The number of ketones is 1. The maximum Gasteiger partial charge on any atom is 0.228 e. The van der Waals surface area contributed by atoms with E-state index in [1.54, 1.807) is 0 Å². The van der Waals surface area contributed by atoms with Gasteiger partial charge in [0.25, 0.3) is 0 Å². The Labute approximate surface area is 171 Å². The number of carbonyl (C=O) groups is 1. The molecule has 0 bridgehead atoms. The summed E-state index contributed by atoms with van der Waals surface area (Å²) in [5, 5.41) is 19.9. The lowest BCUT2D eigenvalue weighted by Gasteiger charge is -2.25. The van der Waals surface area contributed by atoms with Gasteiger partial charge in [0, 0.05) is 36.9 Å². The van der Waals surface area contributed by atoms with Crippen LogP contribution in [0.15, 0.2) is 6.07 Å². The van der Waals surface area contributed by atoms with Gasteiger partial charge in [-0.25, -0.2) is 4.98 Å². The number of aliphatic hydroxyl groups is 1. The molecular formula is C21H30N6O2. The molecule has 2 aliphatic rings. The van der Waals surface area contributed by atoms with Crippen molar-refractivity contribution >= 4 is 23.4 Å². The number of carbonyl (C=O) groups excluding carboxylic acids is 1. The zero-order valence-corrected chi connectivity index (χ0v) is 17.2. The molecule has 0 spiro atoms. The number of fused-ring (bicyclic) bond motifs is 1. The lowest BCUT2D eigenvalue weighted by molar-refractivity contribution is -0.120. The van der Waals surface area contributed by atoms with E-state index in [-0.39, 0.29) is 18.4 Å². The van der Waals surface area contributed by atoms with Gasteiger partial charge in [0.1, 0.15) is 5.82 Å². The molecule has 3 heterocycles. The van der Waals surface area contributed by atoms with Crippen molar-refractivity contribution in [2.45, 2.75) is 70.8 Å². The van der Waals surface area contributed by atoms with E-state index in [0.29, 0.717) is 24.7 Å². The Morgan fingerprint density at radius 2 is 2.21 bits per heavy atom. The van der Waals surface area contributed by atoms with Gasteiger partial charge in [-0.2, -0.15) is 10.1 Å². The standard InChI is InChI=1S/C21H30N6O2/c1-13(2)16-12-19(26-25-16)23-20-14-6-3-7-15(14)22-21(24-20)27-10-4-8-17(27)18(29)9-5-11-28/h12-13,17,28H,3-11H2,1-2H3,(H2,22,23,24,25,26). The highest BCUT2D eigenvalue weighted by Gasteiger charge is 2.33. The van der Waals surface area contributed by atoms with Crippen LogP contribution < -0.4 is 10.2 Å². The first-order valence-electron chi connectivity index (χ1n) is 10.7. The Kier molecular flexibility index (Phi) is 5.80. The Morgan fingerprint density at radius 3 is 2.97 bits per heavy atom. The van der Waals surface area contributed by atoms with Crippen molar-refractivity contribution in [3.63, 3.8) is 0 Å². The van der Waals surface area contributed by atoms with Crippen LogP contribution in [0.1, 0.15) is 68.8 Å². The number of hydrogen-bond donors (Lipinski definition) is 3. The normalized spacial score (nSPS) is 18.5. The fourth-order valence-corrected chi connectivity index (χ4v) is 4.23. The molecule has 4 rings (SSSR count). The number of hydrogen-bond acceptors (Lipinski definition) is 7. The second-order valence-electron chi connectivity index (χ2n) is 8.28. The summed E-state index contributed by atoms with van der Waals surface area (Å²) in [6.45, 7) is 5.08. The van der Waals surface area contributed by atoms with E-state index in [0.717, 1.165) is 67.2 Å². The average molecular weight is 399 g/mol. The van der Waals surface area contributed by atoms with Crippen LogP contribution in [-0.2, 0) is 17.6 Å². The second kappa shape index (κ2) is 8.49. The second-order valence-corrected chi connectivity index (χ2v) is 8.28. The van der Waals surface area contributed by atoms with Gasteiger partial charge in [0.2, 0.25) is 5.95 Å². The highest BCUT2D eigenvalue weighted by molar-refractivity contribution is 5.87. The number of rotatable bonds is 8. The van der Waals surface area contributed by atoms with Crippen molar-refractivity contribution in [2.24, 2.45) is 0 Å². The summed E-state index contributed by atoms with van der Waals surface area (Å²) in [6.07, 6.45) is 5.66. The number of aromatic amines is 1. The van der Waals surface area contributed by atoms with Gasteiger partial charge in [-0.05, 0) is 44.4 Å². The molecule has 29 heavy (non-hydrogen) atoms. The van der Waals surface area contributed by atoms with Crippen molar-refractivity contribution in [1.29, 1.82) is 0 Å². The Hall–Kier alpha value is -2.48. The molecular weight excluding hydrogens is 368 g/mol. The summed E-state index contributed by atoms with van der Waals surface area (Å²) in [5.41, 5.74) is 3.31. The Balaban J connectivity index is 1.61. The van der Waals surface area contributed by atoms with Crippen LogP contribution in [-0.4, -0.2) is 50.2 Å². The largest absolute Gasteiger partial charge is 0.396 e. The quantitative estimate of drug-likeness (QED) is 0.627. The summed E-state index contributed by atoms with van der Waals surface area (Å²) in [6, 6.07) is 1.83. The molecule has 156 valence electrons. The summed E-state index contributed by atoms with van der Waals surface area (Å²) in [4.78, 5) is 24.3. The average Bonchev–Trinajstić information content (AvgIpc) is 3.45. The molecule has 8 heteroatoms. The monoisotopic (exact) mass is 398 g/mol. The van der Waals surface area contributed by atoms with E-state index in [1.165, 1.54) is 0 Å². The predicted octanol–water partition coefficient (Wildman–Crippen LogP) is 2.87. The van der Waals surface area contributed by atoms with Crippen LogP contribution in [0.25, 0.3) is 0 Å². The number of aryl methyl sites for hydroxylation is 1. The van der Waals surface area contributed by atoms with Crippen LogP contribution >= 0.6 is 0 Å². The molecule has 3 N–H and O–H groups in total. The summed E-state index contributed by atoms with van der Waals surface area (Å²) < 4.78 is 0. The lowest BCUT2D eigenvalue weighted by Crippen LogP contribution is -2.37. The maximum atomic E-state index is 12.6. The number of anilines is 3. The van der Waals surface area contributed by atoms with Gasteiger partial charge in [-0.3, -0.25) is 9.89 Å². The van der Waals surface area contributed by atoms with Crippen molar-refractivity contribution in [2.75, 3.05) is 23.4 Å². The van der Waals surface area contributed by atoms with E-state index in [9.17, 15) is 4.79 Å². The minimum Gasteiger partial charge on any atom is -0.396 e. The number of nitrogens with one attached hydrogen (secondary N) is 2. The van der Waals surface area contributed by atoms with E-state index >= 15 is 0 Å². The fourth-order valence-electron chi connectivity index (χ4n) is 4.23. The molecule has 2 aromatic rings. The Bertz CT molecular complexity index is 878. The first kappa shape index (κ1) is 19.8. The van der Waals surface area contributed by atoms with Crippen LogP contribution in [0.4, 0.5) is 17.6 Å². The van der Waals surface area contributed by atoms with Gasteiger partial charge in [0.15, 0.2) is 11.6 Å².